The zero-order valence-electron chi connectivity index (χ0n) is 17.1. The van der Waals surface area contributed by atoms with E-state index in [1.54, 1.807) is 0 Å². The highest BCUT2D eigenvalue weighted by molar-refractivity contribution is 5.90. The van der Waals surface area contributed by atoms with Crippen LogP contribution in [0, 0.1) is 5.92 Å². The Labute approximate surface area is 173 Å². The topological polar surface area (TPSA) is 102 Å². The van der Waals surface area contributed by atoms with Crippen LogP contribution in [0.15, 0.2) is 24.3 Å². The lowest BCUT2D eigenvalue weighted by molar-refractivity contribution is -0.337. The quantitative estimate of drug-likeness (QED) is 0.462. The molecule has 0 heterocycles. The molecule has 0 bridgehead atoms. The van der Waals surface area contributed by atoms with E-state index < -0.39 is 41.6 Å². The molecule has 9 heteroatoms. The molecule has 1 unspecified atom stereocenters. The second-order valence-corrected chi connectivity index (χ2v) is 7.70. The Balaban J connectivity index is 2.01. The summed E-state index contributed by atoms with van der Waals surface area (Å²) in [5.74, 6) is -8.98. The fourth-order valence-corrected chi connectivity index (χ4v) is 3.43. The Morgan fingerprint density at radius 2 is 1.70 bits per heavy atom. The second kappa shape index (κ2) is 9.40. The fourth-order valence-electron chi connectivity index (χ4n) is 3.43. The average Bonchev–Trinajstić information content (AvgIpc) is 3.14. The smallest absolute Gasteiger partial charge is 0.514 e. The summed E-state index contributed by atoms with van der Waals surface area (Å²) in [6, 6.07) is 4.99. The van der Waals surface area contributed by atoms with Gasteiger partial charge in [0, 0.05) is 0 Å². The van der Waals surface area contributed by atoms with Gasteiger partial charge in [0.1, 0.15) is 17.3 Å². The van der Waals surface area contributed by atoms with Gasteiger partial charge in [-0.15, -0.1) is 0 Å². The third-order valence-corrected chi connectivity index (χ3v) is 5.22. The molecule has 2 rings (SSSR count). The number of carboxylic acid groups (broad SMARTS) is 1. The Morgan fingerprint density at radius 1 is 1.13 bits per heavy atom. The van der Waals surface area contributed by atoms with Crippen molar-refractivity contribution in [1.29, 1.82) is 0 Å². The summed E-state index contributed by atoms with van der Waals surface area (Å²) in [6.07, 6.45) is 1.13. The maximum Gasteiger partial charge on any atom is 0.514 e. The number of carbonyl (C=O) groups excluding carboxylic acids is 3. The molecule has 1 fully saturated rings. The van der Waals surface area contributed by atoms with Crippen molar-refractivity contribution in [2.45, 2.75) is 70.5 Å². The molecule has 1 aliphatic carbocycles. The van der Waals surface area contributed by atoms with Crippen LogP contribution in [-0.2, 0) is 14.3 Å². The van der Waals surface area contributed by atoms with Crippen LogP contribution >= 0.6 is 0 Å². The largest absolute Gasteiger partial charge is 0.544 e. The summed E-state index contributed by atoms with van der Waals surface area (Å²) in [6.45, 7) is 4.53. The molecule has 166 valence electrons. The molecule has 0 aliphatic heterocycles. The highest BCUT2D eigenvalue weighted by Crippen LogP contribution is 2.36. The predicted octanol–water partition coefficient (Wildman–Crippen LogP) is 3.49. The highest BCUT2D eigenvalue weighted by Gasteiger charge is 2.46. The fraction of sp³-hybridized carbons (Fsp3) is 0.571. The first-order valence-corrected chi connectivity index (χ1v) is 9.82. The van der Waals surface area contributed by atoms with Crippen molar-refractivity contribution in [2.75, 3.05) is 0 Å². The summed E-state index contributed by atoms with van der Waals surface area (Å²) in [5, 5.41) is 10.7. The molecule has 0 aromatic heterocycles. The minimum Gasteiger partial charge on any atom is -0.544 e. The number of aliphatic carboxylic acids is 1. The van der Waals surface area contributed by atoms with Crippen molar-refractivity contribution in [3.05, 3.63) is 29.8 Å². The molecule has 7 nitrogen and oxygen atoms in total. The minimum atomic E-state index is -4.34. The number of esters is 1. The second-order valence-electron chi connectivity index (χ2n) is 7.70. The lowest BCUT2D eigenvalue weighted by Crippen LogP contribution is -2.53. The van der Waals surface area contributed by atoms with E-state index in [0.29, 0.717) is 6.42 Å². The Bertz CT molecular complexity index is 768. The standard InChI is InChI=1S/C21H26F2O7/c1-4-20(11-5-6-12-20)30-19(27)28-15-9-7-14(8-10-15)17(24)29-16(13(2)3)21(22,23)18(25)26/h7-10,13,16H,4-6,11-12H2,1-3H3,(H,25,26)/p-1. The third-order valence-electron chi connectivity index (χ3n) is 5.22. The molecule has 0 spiro atoms. The Morgan fingerprint density at radius 3 is 2.17 bits per heavy atom. The van der Waals surface area contributed by atoms with Gasteiger partial charge in [0.15, 0.2) is 6.10 Å². The molecule has 1 aliphatic rings. The molecule has 0 saturated heterocycles. The normalized spacial score (nSPS) is 16.7. The lowest BCUT2D eigenvalue weighted by Gasteiger charge is -2.30. The van der Waals surface area contributed by atoms with Crippen LogP contribution in [-0.4, -0.2) is 35.7 Å². The van der Waals surface area contributed by atoms with Crippen molar-refractivity contribution < 1.29 is 42.5 Å². The molecule has 1 saturated carbocycles. The molecule has 1 atom stereocenters. The molecular formula is C21H25F2O7-. The van der Waals surface area contributed by atoms with Gasteiger partial charge < -0.3 is 24.1 Å². The van der Waals surface area contributed by atoms with Gasteiger partial charge in [-0.2, -0.15) is 8.78 Å². The van der Waals surface area contributed by atoms with Gasteiger partial charge in [-0.25, -0.2) is 9.59 Å². The van der Waals surface area contributed by atoms with Gasteiger partial charge in [0.2, 0.25) is 0 Å². The van der Waals surface area contributed by atoms with Crippen LogP contribution in [0.3, 0.4) is 0 Å². The van der Waals surface area contributed by atoms with Gasteiger partial charge in [0.25, 0.3) is 0 Å². The number of alkyl halides is 2. The average molecular weight is 427 g/mol. The van der Waals surface area contributed by atoms with Gasteiger partial charge in [-0.1, -0.05) is 20.8 Å². The lowest BCUT2D eigenvalue weighted by atomic mass is 9.99. The van der Waals surface area contributed by atoms with E-state index in [1.807, 2.05) is 6.92 Å². The van der Waals surface area contributed by atoms with Crippen LogP contribution in [0.4, 0.5) is 13.6 Å². The first-order chi connectivity index (χ1) is 14.0. The van der Waals surface area contributed by atoms with Crippen molar-refractivity contribution in [3.63, 3.8) is 0 Å². The van der Waals surface area contributed by atoms with Crippen LogP contribution < -0.4 is 9.84 Å². The van der Waals surface area contributed by atoms with Crippen molar-refractivity contribution in [2.24, 2.45) is 5.92 Å². The monoisotopic (exact) mass is 427 g/mol. The number of benzene rings is 1. The number of ether oxygens (including phenoxy) is 3. The van der Waals surface area contributed by atoms with E-state index in [4.69, 9.17) is 14.2 Å². The maximum atomic E-state index is 13.8. The Kier molecular flexibility index (Phi) is 7.39. The number of halogens is 2. The van der Waals surface area contributed by atoms with Crippen molar-refractivity contribution in [3.8, 4) is 5.75 Å². The van der Waals surface area contributed by atoms with E-state index in [1.165, 1.54) is 38.1 Å². The maximum absolute atomic E-state index is 13.8. The first kappa shape index (κ1) is 23.6. The molecule has 1 aromatic rings. The highest BCUT2D eigenvalue weighted by atomic mass is 19.3. The van der Waals surface area contributed by atoms with E-state index in [9.17, 15) is 28.3 Å². The molecule has 0 N–H and O–H groups in total. The molecule has 30 heavy (non-hydrogen) atoms. The summed E-state index contributed by atoms with van der Waals surface area (Å²) in [4.78, 5) is 34.9. The molecule has 0 radical (unpaired) electrons. The number of carboxylic acids is 1. The molecule has 1 aromatic carbocycles. The summed E-state index contributed by atoms with van der Waals surface area (Å²) in [7, 11) is 0. The Hall–Kier alpha value is -2.71. The van der Waals surface area contributed by atoms with Crippen LogP contribution in [0.5, 0.6) is 5.75 Å². The van der Waals surface area contributed by atoms with Gasteiger partial charge in [-0.3, -0.25) is 0 Å². The van der Waals surface area contributed by atoms with E-state index in [2.05, 4.69) is 0 Å². The summed E-state index contributed by atoms with van der Waals surface area (Å²) >= 11 is 0. The van der Waals surface area contributed by atoms with E-state index >= 15 is 0 Å². The number of carbonyl (C=O) groups is 3. The number of hydrogen-bond donors (Lipinski definition) is 0. The third kappa shape index (κ3) is 5.46. The van der Waals surface area contributed by atoms with Gasteiger partial charge >= 0.3 is 18.0 Å². The van der Waals surface area contributed by atoms with E-state index in [-0.39, 0.29) is 11.3 Å². The number of hydrogen-bond acceptors (Lipinski definition) is 7. The van der Waals surface area contributed by atoms with Crippen LogP contribution in [0.1, 0.15) is 63.2 Å². The predicted molar refractivity (Wildman–Crippen MR) is 99.0 cm³/mol. The minimum absolute atomic E-state index is 0.0984. The first-order valence-electron chi connectivity index (χ1n) is 9.82. The SMILES string of the molecule is CCC1(OC(=O)Oc2ccc(C(=O)OC(C(C)C)C(F)(F)C(=O)[O-])cc2)CCCC1. The van der Waals surface area contributed by atoms with Gasteiger partial charge in [-0.05, 0) is 62.3 Å². The zero-order valence-corrected chi connectivity index (χ0v) is 17.1. The van der Waals surface area contributed by atoms with Crippen LogP contribution in [0.25, 0.3) is 0 Å². The van der Waals surface area contributed by atoms with E-state index in [0.717, 1.165) is 25.7 Å². The summed E-state index contributed by atoms with van der Waals surface area (Å²) < 4.78 is 42.8. The molecule has 0 amide bonds. The van der Waals surface area contributed by atoms with Gasteiger partial charge in [0.05, 0.1) is 5.56 Å². The number of rotatable bonds is 8. The van der Waals surface area contributed by atoms with Crippen molar-refractivity contribution >= 4 is 18.1 Å². The molecular weight excluding hydrogens is 402 g/mol. The van der Waals surface area contributed by atoms with Crippen molar-refractivity contribution in [1.82, 2.24) is 0 Å². The van der Waals surface area contributed by atoms with Crippen LogP contribution in [0.2, 0.25) is 0 Å². The zero-order chi connectivity index (χ0) is 22.5. The summed E-state index contributed by atoms with van der Waals surface area (Å²) in [5.41, 5.74) is -0.631.